The molecule has 6 heteroatoms. The van der Waals surface area contributed by atoms with Gasteiger partial charge in [-0.1, -0.05) is 54.3 Å². The highest BCUT2D eigenvalue weighted by Crippen LogP contribution is 2.32. The molecule has 0 aromatic heterocycles. The highest BCUT2D eigenvalue weighted by Gasteiger charge is 2.31. The minimum Gasteiger partial charge on any atom is -0.481 e. The molecule has 4 nitrogen and oxygen atoms in total. The van der Waals surface area contributed by atoms with E-state index < -0.39 is 5.97 Å². The van der Waals surface area contributed by atoms with Crippen LogP contribution in [0.2, 0.25) is 0 Å². The standard InChI is InChI=1S/C14H13NO3S2/c16-12(17)7-4-8-15-13(18)11(20-14(15)19)9-10-5-2-1-3-6-10/h1-3,5-6,9H,4,7-8H2,(H,16,17)/b11-9+. The number of hydrogen-bond acceptors (Lipinski definition) is 4. The molecule has 104 valence electrons. The zero-order valence-electron chi connectivity index (χ0n) is 10.6. The maximum Gasteiger partial charge on any atom is 0.303 e. The molecule has 20 heavy (non-hydrogen) atoms. The molecule has 0 saturated carbocycles. The van der Waals surface area contributed by atoms with Crippen LogP contribution >= 0.6 is 24.0 Å². The van der Waals surface area contributed by atoms with Gasteiger partial charge in [0, 0.05) is 13.0 Å². The highest BCUT2D eigenvalue weighted by atomic mass is 32.2. The first kappa shape index (κ1) is 14.7. The third kappa shape index (κ3) is 3.68. The lowest BCUT2D eigenvalue weighted by Gasteiger charge is -2.13. The van der Waals surface area contributed by atoms with Crippen LogP contribution in [0.1, 0.15) is 18.4 Å². The van der Waals surface area contributed by atoms with Crippen molar-refractivity contribution in [2.75, 3.05) is 6.54 Å². The number of carbonyl (C=O) groups is 2. The molecule has 1 fully saturated rings. The van der Waals surface area contributed by atoms with Gasteiger partial charge in [0.25, 0.3) is 5.91 Å². The molecule has 1 aliphatic rings. The van der Waals surface area contributed by atoms with Gasteiger partial charge in [0.05, 0.1) is 4.91 Å². The molecule has 1 saturated heterocycles. The average Bonchev–Trinajstić information content (AvgIpc) is 2.67. The first-order valence-electron chi connectivity index (χ1n) is 6.10. The minimum atomic E-state index is -0.865. The Bertz CT molecular complexity index is 569. The van der Waals surface area contributed by atoms with Crippen molar-refractivity contribution in [3.8, 4) is 0 Å². The normalized spacial score (nSPS) is 17.0. The molecular weight excluding hydrogens is 294 g/mol. The van der Waals surface area contributed by atoms with E-state index in [2.05, 4.69) is 0 Å². The van der Waals surface area contributed by atoms with Crippen molar-refractivity contribution in [1.29, 1.82) is 0 Å². The number of nitrogens with zero attached hydrogens (tertiary/aromatic N) is 1. The Morgan fingerprint density at radius 2 is 2.05 bits per heavy atom. The van der Waals surface area contributed by atoms with E-state index in [1.54, 1.807) is 6.08 Å². The summed E-state index contributed by atoms with van der Waals surface area (Å²) in [6.45, 7) is 0.350. The van der Waals surface area contributed by atoms with Crippen LogP contribution in [0, 0.1) is 0 Å². The molecule has 0 spiro atoms. The molecule has 1 aromatic rings. The number of rotatable bonds is 5. The van der Waals surface area contributed by atoms with E-state index in [1.165, 1.54) is 16.7 Å². The largest absolute Gasteiger partial charge is 0.481 e. The first-order valence-corrected chi connectivity index (χ1v) is 7.32. The van der Waals surface area contributed by atoms with Crippen molar-refractivity contribution in [3.63, 3.8) is 0 Å². The number of hydrogen-bond donors (Lipinski definition) is 1. The fraction of sp³-hybridized carbons (Fsp3) is 0.214. The lowest BCUT2D eigenvalue weighted by atomic mass is 10.2. The maximum absolute atomic E-state index is 12.2. The number of carbonyl (C=O) groups excluding carboxylic acids is 1. The topological polar surface area (TPSA) is 57.6 Å². The number of amides is 1. The van der Waals surface area contributed by atoms with Gasteiger partial charge in [-0.05, 0) is 18.1 Å². The maximum atomic E-state index is 12.2. The Hall–Kier alpha value is -1.66. The Labute approximate surface area is 126 Å². The highest BCUT2D eigenvalue weighted by molar-refractivity contribution is 8.26. The Kier molecular flexibility index (Phi) is 4.92. The summed E-state index contributed by atoms with van der Waals surface area (Å²) in [4.78, 5) is 24.7. The summed E-state index contributed by atoms with van der Waals surface area (Å²) in [5.41, 5.74) is 0.943. The van der Waals surface area contributed by atoms with Gasteiger partial charge in [-0.3, -0.25) is 14.5 Å². The molecule has 0 unspecified atom stereocenters. The van der Waals surface area contributed by atoms with Crippen LogP contribution in [0.5, 0.6) is 0 Å². The van der Waals surface area contributed by atoms with Crippen LogP contribution in [0.4, 0.5) is 0 Å². The van der Waals surface area contributed by atoms with Crippen LogP contribution in [-0.4, -0.2) is 32.7 Å². The van der Waals surface area contributed by atoms with Gasteiger partial charge in [0.15, 0.2) is 0 Å². The molecular formula is C14H13NO3S2. The predicted molar refractivity (Wildman–Crippen MR) is 83.2 cm³/mol. The van der Waals surface area contributed by atoms with Gasteiger partial charge in [-0.2, -0.15) is 0 Å². The number of carboxylic acid groups (broad SMARTS) is 1. The van der Waals surface area contributed by atoms with E-state index in [4.69, 9.17) is 17.3 Å². The van der Waals surface area contributed by atoms with Crippen molar-refractivity contribution in [1.82, 2.24) is 4.90 Å². The Morgan fingerprint density at radius 1 is 1.35 bits per heavy atom. The summed E-state index contributed by atoms with van der Waals surface area (Å²) in [7, 11) is 0. The van der Waals surface area contributed by atoms with Crippen molar-refractivity contribution >= 4 is 46.3 Å². The van der Waals surface area contributed by atoms with E-state index in [0.717, 1.165) is 5.56 Å². The van der Waals surface area contributed by atoms with Crippen molar-refractivity contribution in [2.45, 2.75) is 12.8 Å². The van der Waals surface area contributed by atoms with E-state index in [-0.39, 0.29) is 12.3 Å². The number of benzene rings is 1. The molecule has 1 amide bonds. The molecule has 1 aromatic carbocycles. The minimum absolute atomic E-state index is 0.0365. The molecule has 2 rings (SSSR count). The van der Waals surface area contributed by atoms with Gasteiger partial charge < -0.3 is 5.11 Å². The summed E-state index contributed by atoms with van der Waals surface area (Å²) < 4.78 is 0.488. The number of thioether (sulfide) groups is 1. The van der Waals surface area contributed by atoms with Gasteiger partial charge in [0.2, 0.25) is 0 Å². The van der Waals surface area contributed by atoms with Crippen LogP contribution in [0.3, 0.4) is 0 Å². The molecule has 1 aliphatic heterocycles. The van der Waals surface area contributed by atoms with Crippen molar-refractivity contribution in [2.24, 2.45) is 0 Å². The first-order chi connectivity index (χ1) is 9.58. The lowest BCUT2D eigenvalue weighted by Crippen LogP contribution is -2.29. The van der Waals surface area contributed by atoms with Gasteiger partial charge >= 0.3 is 5.97 Å². The number of carboxylic acids is 1. The average molecular weight is 307 g/mol. The Balaban J connectivity index is 2.05. The van der Waals surface area contributed by atoms with Crippen LogP contribution in [0.15, 0.2) is 35.2 Å². The molecule has 0 radical (unpaired) electrons. The van der Waals surface area contributed by atoms with E-state index >= 15 is 0 Å². The SMILES string of the molecule is O=C(O)CCCN1C(=O)/C(=C\c2ccccc2)SC1=S. The van der Waals surface area contributed by atoms with Crippen LogP contribution in [0.25, 0.3) is 6.08 Å². The number of aliphatic carboxylic acids is 1. The summed E-state index contributed by atoms with van der Waals surface area (Å²) in [6, 6.07) is 9.54. The summed E-state index contributed by atoms with van der Waals surface area (Å²) in [6.07, 6.45) is 2.24. The second kappa shape index (κ2) is 6.67. The fourth-order valence-electron chi connectivity index (χ4n) is 1.78. The monoisotopic (exact) mass is 307 g/mol. The smallest absolute Gasteiger partial charge is 0.303 e. The summed E-state index contributed by atoms with van der Waals surface area (Å²) in [5.74, 6) is -1.01. The Morgan fingerprint density at radius 3 is 2.70 bits per heavy atom. The van der Waals surface area contributed by atoms with E-state index in [0.29, 0.717) is 22.2 Å². The van der Waals surface area contributed by atoms with E-state index in [1.807, 2.05) is 30.3 Å². The van der Waals surface area contributed by atoms with Gasteiger partial charge in [-0.15, -0.1) is 0 Å². The summed E-state index contributed by atoms with van der Waals surface area (Å²) in [5, 5.41) is 8.61. The molecule has 0 aliphatic carbocycles. The van der Waals surface area contributed by atoms with Crippen molar-refractivity contribution < 1.29 is 14.7 Å². The van der Waals surface area contributed by atoms with Crippen molar-refractivity contribution in [3.05, 3.63) is 40.8 Å². The molecule has 0 atom stereocenters. The predicted octanol–water partition coefficient (Wildman–Crippen LogP) is 2.75. The number of thiocarbonyl (C=S) groups is 1. The zero-order chi connectivity index (χ0) is 14.5. The molecule has 1 heterocycles. The second-order valence-corrected chi connectivity index (χ2v) is 5.92. The van der Waals surface area contributed by atoms with E-state index in [9.17, 15) is 9.59 Å². The lowest BCUT2D eigenvalue weighted by molar-refractivity contribution is -0.137. The third-order valence-corrected chi connectivity index (χ3v) is 4.12. The van der Waals surface area contributed by atoms with Gasteiger partial charge in [-0.25, -0.2) is 0 Å². The molecule has 1 N–H and O–H groups in total. The third-order valence-electron chi connectivity index (χ3n) is 2.74. The van der Waals surface area contributed by atoms with Gasteiger partial charge in [0.1, 0.15) is 4.32 Å². The fourth-order valence-corrected chi connectivity index (χ4v) is 3.09. The zero-order valence-corrected chi connectivity index (χ0v) is 12.2. The van der Waals surface area contributed by atoms with Crippen LogP contribution < -0.4 is 0 Å². The summed E-state index contributed by atoms with van der Waals surface area (Å²) >= 11 is 6.43. The van der Waals surface area contributed by atoms with Crippen LogP contribution in [-0.2, 0) is 9.59 Å². The quantitative estimate of drug-likeness (QED) is 0.669. The molecule has 0 bridgehead atoms. The second-order valence-electron chi connectivity index (χ2n) is 4.24.